The van der Waals surface area contributed by atoms with E-state index in [-0.39, 0.29) is 5.69 Å². The molecule has 0 radical (unpaired) electrons. The van der Waals surface area contributed by atoms with Crippen LogP contribution >= 0.6 is 23.2 Å². The Morgan fingerprint density at radius 2 is 1.64 bits per heavy atom. The molecular formula is C16H15Cl2N5O2. The summed E-state index contributed by atoms with van der Waals surface area (Å²) in [4.78, 5) is 12.4. The quantitative estimate of drug-likeness (QED) is 0.437. The first-order chi connectivity index (χ1) is 12.0. The molecule has 1 aliphatic heterocycles. The van der Waals surface area contributed by atoms with Crippen LogP contribution in [0.1, 0.15) is 0 Å². The summed E-state index contributed by atoms with van der Waals surface area (Å²) in [5, 5.41) is 21.9. The van der Waals surface area contributed by atoms with E-state index in [1.165, 1.54) is 12.1 Å². The van der Waals surface area contributed by atoms with E-state index in [1.54, 1.807) is 18.2 Å². The van der Waals surface area contributed by atoms with Crippen LogP contribution < -0.4 is 4.90 Å². The fraction of sp³-hybridized carbons (Fsp3) is 0.250. The zero-order chi connectivity index (χ0) is 17.8. The second-order valence-corrected chi connectivity index (χ2v) is 6.32. The summed E-state index contributed by atoms with van der Waals surface area (Å²) in [5.41, 5.74) is 1.65. The van der Waals surface area contributed by atoms with Crippen molar-refractivity contribution in [2.45, 2.75) is 0 Å². The van der Waals surface area contributed by atoms with Gasteiger partial charge < -0.3 is 4.90 Å². The Labute approximate surface area is 154 Å². The van der Waals surface area contributed by atoms with Crippen LogP contribution in [0.2, 0.25) is 10.0 Å². The minimum Gasteiger partial charge on any atom is -0.368 e. The van der Waals surface area contributed by atoms with E-state index in [1.807, 2.05) is 17.1 Å². The molecule has 0 unspecified atom stereocenters. The molecule has 1 saturated heterocycles. The molecule has 7 nitrogen and oxygen atoms in total. The predicted molar refractivity (Wildman–Crippen MR) is 97.9 cm³/mol. The molecule has 0 N–H and O–H groups in total. The zero-order valence-corrected chi connectivity index (χ0v) is 14.7. The Kier molecular flexibility index (Phi) is 5.35. The topological polar surface area (TPSA) is 74.3 Å². The van der Waals surface area contributed by atoms with E-state index in [2.05, 4.69) is 15.2 Å². The third kappa shape index (κ3) is 4.37. The lowest BCUT2D eigenvalue weighted by atomic mass is 10.2. The van der Waals surface area contributed by atoms with Gasteiger partial charge in [0.15, 0.2) is 0 Å². The standard InChI is InChI=1S/C16H15Cl2N5O2/c17-15-6-5-14(11-16(15)18)21-7-9-22(10-8-21)20-19-12-1-3-13(4-2-12)23(24)25/h1-6,11H,7-10H2/b20-19+. The van der Waals surface area contributed by atoms with E-state index in [0.29, 0.717) is 15.7 Å². The molecule has 1 fully saturated rings. The molecule has 0 aromatic heterocycles. The van der Waals surface area contributed by atoms with E-state index in [9.17, 15) is 10.1 Å². The van der Waals surface area contributed by atoms with Gasteiger partial charge in [-0.2, -0.15) is 0 Å². The smallest absolute Gasteiger partial charge is 0.269 e. The Bertz CT molecular complexity index is 790. The Balaban J connectivity index is 1.56. The largest absolute Gasteiger partial charge is 0.368 e. The Hall–Kier alpha value is -2.38. The summed E-state index contributed by atoms with van der Waals surface area (Å²) in [6.45, 7) is 3.02. The lowest BCUT2D eigenvalue weighted by Gasteiger charge is -2.34. The average Bonchev–Trinajstić information content (AvgIpc) is 2.63. The van der Waals surface area contributed by atoms with Gasteiger partial charge in [-0.25, -0.2) is 0 Å². The first kappa shape index (κ1) is 17.4. The number of rotatable bonds is 4. The molecule has 1 aliphatic rings. The van der Waals surface area contributed by atoms with Gasteiger partial charge in [0.05, 0.1) is 33.7 Å². The molecule has 0 amide bonds. The maximum atomic E-state index is 10.6. The SMILES string of the molecule is O=[N+]([O-])c1ccc(/N=N/N2CCN(c3ccc(Cl)c(Cl)c3)CC2)cc1. The molecule has 3 rings (SSSR count). The van der Waals surface area contributed by atoms with Crippen LogP contribution in [0.25, 0.3) is 0 Å². The van der Waals surface area contributed by atoms with Crippen molar-refractivity contribution in [2.24, 2.45) is 10.3 Å². The number of nitro groups is 1. The maximum absolute atomic E-state index is 10.6. The van der Waals surface area contributed by atoms with E-state index >= 15 is 0 Å². The number of nitro benzene ring substituents is 1. The fourth-order valence-corrected chi connectivity index (χ4v) is 2.77. The summed E-state index contributed by atoms with van der Waals surface area (Å²) in [6, 6.07) is 11.6. The van der Waals surface area contributed by atoms with Crippen molar-refractivity contribution in [3.05, 3.63) is 62.6 Å². The maximum Gasteiger partial charge on any atom is 0.269 e. The minimum absolute atomic E-state index is 0.0363. The monoisotopic (exact) mass is 379 g/mol. The molecule has 1 heterocycles. The number of halogens is 2. The molecule has 0 aliphatic carbocycles. The van der Waals surface area contributed by atoms with Crippen LogP contribution in [-0.4, -0.2) is 36.1 Å². The highest BCUT2D eigenvalue weighted by molar-refractivity contribution is 6.42. The number of anilines is 1. The number of benzene rings is 2. The van der Waals surface area contributed by atoms with Gasteiger partial charge in [0, 0.05) is 30.9 Å². The molecule has 2 aromatic carbocycles. The van der Waals surface area contributed by atoms with Crippen LogP contribution in [0.3, 0.4) is 0 Å². The predicted octanol–water partition coefficient (Wildman–Crippen LogP) is 4.72. The number of hydrogen-bond donors (Lipinski definition) is 0. The highest BCUT2D eigenvalue weighted by Gasteiger charge is 2.17. The summed E-state index contributed by atoms with van der Waals surface area (Å²) >= 11 is 12.0. The minimum atomic E-state index is -0.441. The van der Waals surface area contributed by atoms with Crippen LogP contribution in [0.4, 0.5) is 17.1 Å². The lowest BCUT2D eigenvalue weighted by molar-refractivity contribution is -0.384. The molecule has 2 aromatic rings. The van der Waals surface area contributed by atoms with Crippen molar-refractivity contribution in [2.75, 3.05) is 31.1 Å². The first-order valence-electron chi connectivity index (χ1n) is 7.64. The van der Waals surface area contributed by atoms with Crippen molar-refractivity contribution < 1.29 is 4.92 Å². The number of non-ortho nitro benzene ring substituents is 1. The average molecular weight is 380 g/mol. The summed E-state index contributed by atoms with van der Waals surface area (Å²) in [7, 11) is 0. The molecule has 0 saturated carbocycles. The summed E-state index contributed by atoms with van der Waals surface area (Å²) in [5.74, 6) is 0. The van der Waals surface area contributed by atoms with Crippen molar-refractivity contribution >= 4 is 40.3 Å². The highest BCUT2D eigenvalue weighted by atomic mass is 35.5. The molecule has 25 heavy (non-hydrogen) atoms. The van der Waals surface area contributed by atoms with Gasteiger partial charge in [0.25, 0.3) is 5.69 Å². The van der Waals surface area contributed by atoms with Crippen LogP contribution in [0, 0.1) is 10.1 Å². The molecule has 0 atom stereocenters. The van der Waals surface area contributed by atoms with Crippen molar-refractivity contribution in [3.8, 4) is 0 Å². The van der Waals surface area contributed by atoms with Gasteiger partial charge in [0.2, 0.25) is 0 Å². The molecular weight excluding hydrogens is 365 g/mol. The first-order valence-corrected chi connectivity index (χ1v) is 8.39. The van der Waals surface area contributed by atoms with Gasteiger partial charge in [-0.15, -0.1) is 5.11 Å². The van der Waals surface area contributed by atoms with E-state index in [4.69, 9.17) is 23.2 Å². The van der Waals surface area contributed by atoms with Crippen molar-refractivity contribution in [1.82, 2.24) is 5.01 Å². The van der Waals surface area contributed by atoms with Crippen molar-refractivity contribution in [1.29, 1.82) is 0 Å². The van der Waals surface area contributed by atoms with Crippen LogP contribution in [0.5, 0.6) is 0 Å². The fourth-order valence-electron chi connectivity index (χ4n) is 2.48. The number of nitrogens with zero attached hydrogens (tertiary/aromatic N) is 5. The van der Waals surface area contributed by atoms with Gasteiger partial charge in [-0.05, 0) is 30.3 Å². The molecule has 130 valence electrons. The highest BCUT2D eigenvalue weighted by Crippen LogP contribution is 2.28. The third-order valence-electron chi connectivity index (χ3n) is 3.87. The normalized spacial score (nSPS) is 15.0. The Morgan fingerprint density at radius 3 is 2.24 bits per heavy atom. The van der Waals surface area contributed by atoms with E-state index in [0.717, 1.165) is 31.9 Å². The lowest BCUT2D eigenvalue weighted by Crippen LogP contribution is -2.43. The summed E-state index contributed by atoms with van der Waals surface area (Å²) in [6.07, 6.45) is 0. The Morgan fingerprint density at radius 1 is 0.960 bits per heavy atom. The zero-order valence-electron chi connectivity index (χ0n) is 13.2. The molecule has 0 spiro atoms. The van der Waals surface area contributed by atoms with Crippen LogP contribution in [-0.2, 0) is 0 Å². The second kappa shape index (κ2) is 7.67. The third-order valence-corrected chi connectivity index (χ3v) is 4.61. The van der Waals surface area contributed by atoms with Gasteiger partial charge in [-0.1, -0.05) is 28.4 Å². The number of hydrogen-bond acceptors (Lipinski definition) is 5. The van der Waals surface area contributed by atoms with Crippen LogP contribution in [0.15, 0.2) is 52.8 Å². The second-order valence-electron chi connectivity index (χ2n) is 5.50. The van der Waals surface area contributed by atoms with Gasteiger partial charge in [-0.3, -0.25) is 15.1 Å². The van der Waals surface area contributed by atoms with Crippen molar-refractivity contribution in [3.63, 3.8) is 0 Å². The molecule has 9 heteroatoms. The van der Waals surface area contributed by atoms with E-state index < -0.39 is 4.92 Å². The summed E-state index contributed by atoms with van der Waals surface area (Å²) < 4.78 is 0. The number of piperazine rings is 1. The van der Waals surface area contributed by atoms with Gasteiger partial charge in [0.1, 0.15) is 0 Å². The van der Waals surface area contributed by atoms with Gasteiger partial charge >= 0.3 is 0 Å². The molecule has 0 bridgehead atoms.